The molecule has 0 spiro atoms. The zero-order chi connectivity index (χ0) is 25.6. The Morgan fingerprint density at radius 3 is 2.55 bits per heavy atom. The lowest BCUT2D eigenvalue weighted by atomic mass is 10.0. The number of pyridine rings is 1. The molecule has 1 aliphatic carbocycles. The van der Waals surface area contributed by atoms with Crippen molar-refractivity contribution in [3.8, 4) is 11.8 Å². The summed E-state index contributed by atoms with van der Waals surface area (Å²) in [6.45, 7) is 3.84. The van der Waals surface area contributed by atoms with Gasteiger partial charge in [0.05, 0.1) is 5.56 Å². The van der Waals surface area contributed by atoms with E-state index < -0.39 is 0 Å². The van der Waals surface area contributed by atoms with Gasteiger partial charge in [0.15, 0.2) is 0 Å². The van der Waals surface area contributed by atoms with E-state index in [0.29, 0.717) is 12.1 Å². The molecule has 1 saturated carbocycles. The van der Waals surface area contributed by atoms with Gasteiger partial charge in [-0.05, 0) is 62.4 Å². The molecule has 1 saturated heterocycles. The molecule has 1 N–H and O–H groups in total. The van der Waals surface area contributed by atoms with Crippen molar-refractivity contribution in [2.75, 3.05) is 36.0 Å². The van der Waals surface area contributed by atoms with E-state index >= 15 is 0 Å². The van der Waals surface area contributed by atoms with E-state index in [0.717, 1.165) is 73.9 Å². The molecule has 3 aromatic rings. The molecule has 3 aliphatic rings. The van der Waals surface area contributed by atoms with Crippen LogP contribution in [0.25, 0.3) is 5.57 Å². The highest BCUT2D eigenvalue weighted by atomic mass is 15.3. The minimum atomic E-state index is 0.555. The Bertz CT molecular complexity index is 1300. The second kappa shape index (κ2) is 11.8. The fourth-order valence-electron chi connectivity index (χ4n) is 5.89. The second-order valence-corrected chi connectivity index (χ2v) is 10.6. The molecular formula is C32H36N6. The summed E-state index contributed by atoms with van der Waals surface area (Å²) in [7, 11) is 0. The topological polar surface area (TPSA) is 57.2 Å². The van der Waals surface area contributed by atoms with Gasteiger partial charge in [-0.3, -0.25) is 4.98 Å². The predicted octanol–water partition coefficient (Wildman–Crippen LogP) is 4.87. The Morgan fingerprint density at radius 2 is 1.76 bits per heavy atom. The summed E-state index contributed by atoms with van der Waals surface area (Å²) < 4.78 is 0. The number of piperidine rings is 1. The van der Waals surface area contributed by atoms with E-state index in [1.54, 1.807) is 6.20 Å². The summed E-state index contributed by atoms with van der Waals surface area (Å²) in [4.78, 5) is 19.1. The zero-order valence-electron chi connectivity index (χ0n) is 22.0. The Labute approximate surface area is 226 Å². The molecule has 6 rings (SSSR count). The van der Waals surface area contributed by atoms with Crippen molar-refractivity contribution < 1.29 is 0 Å². The fourth-order valence-corrected chi connectivity index (χ4v) is 5.89. The van der Waals surface area contributed by atoms with Gasteiger partial charge in [-0.2, -0.15) is 4.98 Å². The maximum Gasteiger partial charge on any atom is 0.227 e. The Balaban J connectivity index is 1.15. The van der Waals surface area contributed by atoms with E-state index in [2.05, 4.69) is 68.3 Å². The van der Waals surface area contributed by atoms with Crippen LogP contribution in [0.3, 0.4) is 0 Å². The average Bonchev–Trinajstić information content (AvgIpc) is 3.52. The summed E-state index contributed by atoms with van der Waals surface area (Å²) in [6, 6.07) is 15.8. The van der Waals surface area contributed by atoms with Gasteiger partial charge < -0.3 is 15.1 Å². The molecule has 1 aromatic carbocycles. The second-order valence-electron chi connectivity index (χ2n) is 10.6. The molecule has 0 atom stereocenters. The van der Waals surface area contributed by atoms with Crippen LogP contribution >= 0.6 is 0 Å². The summed E-state index contributed by atoms with van der Waals surface area (Å²) in [6.07, 6.45) is 16.2. The third kappa shape index (κ3) is 5.74. The first-order chi connectivity index (χ1) is 18.8. The lowest BCUT2D eigenvalue weighted by Gasteiger charge is -2.36. The molecule has 2 aliphatic heterocycles. The smallest absolute Gasteiger partial charge is 0.227 e. The van der Waals surface area contributed by atoms with Crippen LogP contribution in [0.5, 0.6) is 0 Å². The number of rotatable bonds is 6. The number of anilines is 2. The molecule has 4 heterocycles. The molecule has 6 heteroatoms. The van der Waals surface area contributed by atoms with Gasteiger partial charge >= 0.3 is 0 Å². The molecule has 194 valence electrons. The molecule has 2 aromatic heterocycles. The average molecular weight is 505 g/mol. The standard InChI is InChI=1S/C32H36N6/c1-2-7-25(8-3-1)14-19-34-28-16-20-37(21-17-28)32-35-24-30-27(13-12-26-9-6-18-33-23-26)15-22-38(31(30)36-32)29-10-4-5-11-29/h1-3,6-9,15,18,23-24,28-29,34H,4-5,10-11,14,16-17,19-22H2. The zero-order valence-corrected chi connectivity index (χ0v) is 22.0. The minimum Gasteiger partial charge on any atom is -0.349 e. The Hall–Kier alpha value is -3.69. The molecule has 0 radical (unpaired) electrons. The van der Waals surface area contributed by atoms with Crippen LogP contribution < -0.4 is 15.1 Å². The lowest BCUT2D eigenvalue weighted by Crippen LogP contribution is -2.44. The highest BCUT2D eigenvalue weighted by Crippen LogP contribution is 2.36. The van der Waals surface area contributed by atoms with E-state index in [4.69, 9.17) is 9.97 Å². The Kier molecular flexibility index (Phi) is 7.64. The summed E-state index contributed by atoms with van der Waals surface area (Å²) >= 11 is 0. The first-order valence-electron chi connectivity index (χ1n) is 14.1. The van der Waals surface area contributed by atoms with Crippen LogP contribution in [0.2, 0.25) is 0 Å². The van der Waals surface area contributed by atoms with E-state index in [-0.39, 0.29) is 0 Å². The number of hydrogen-bond donors (Lipinski definition) is 1. The lowest BCUT2D eigenvalue weighted by molar-refractivity contribution is 0.414. The maximum atomic E-state index is 5.19. The fraction of sp³-hybridized carbons (Fsp3) is 0.406. The summed E-state index contributed by atoms with van der Waals surface area (Å²) in [5.41, 5.74) is 4.39. The SMILES string of the molecule is C(#Cc1cccnc1)C1=CCN(C2CCCC2)c2nc(N3CCC(NCCc4ccccc4)CC3)ncc21. The molecule has 6 nitrogen and oxygen atoms in total. The third-order valence-corrected chi connectivity index (χ3v) is 8.05. The number of nitrogens with zero attached hydrogens (tertiary/aromatic N) is 5. The van der Waals surface area contributed by atoms with Crippen LogP contribution in [-0.4, -0.2) is 53.2 Å². The number of benzene rings is 1. The van der Waals surface area contributed by atoms with E-state index in [1.807, 2.05) is 24.5 Å². The van der Waals surface area contributed by atoms with Gasteiger partial charge in [0.1, 0.15) is 5.82 Å². The predicted molar refractivity (Wildman–Crippen MR) is 154 cm³/mol. The number of nitrogens with one attached hydrogen (secondary N) is 1. The van der Waals surface area contributed by atoms with E-state index in [9.17, 15) is 0 Å². The number of allylic oxidation sites excluding steroid dienone is 1. The van der Waals surface area contributed by atoms with Gasteiger partial charge in [-0.15, -0.1) is 0 Å². The minimum absolute atomic E-state index is 0.555. The summed E-state index contributed by atoms with van der Waals surface area (Å²) in [5, 5.41) is 3.77. The van der Waals surface area contributed by atoms with Crippen molar-refractivity contribution in [1.82, 2.24) is 20.3 Å². The largest absolute Gasteiger partial charge is 0.349 e. The van der Waals surface area contributed by atoms with Gasteiger partial charge in [-0.1, -0.05) is 55.0 Å². The van der Waals surface area contributed by atoms with E-state index in [1.165, 1.54) is 31.2 Å². The maximum absolute atomic E-state index is 5.19. The quantitative estimate of drug-likeness (QED) is 0.484. The highest BCUT2D eigenvalue weighted by Gasteiger charge is 2.30. The van der Waals surface area contributed by atoms with Gasteiger partial charge in [0.25, 0.3) is 0 Å². The number of fused-ring (bicyclic) bond motifs is 1. The summed E-state index contributed by atoms with van der Waals surface area (Å²) in [5.74, 6) is 8.58. The normalized spacial score (nSPS) is 18.1. The van der Waals surface area contributed by atoms with Crippen molar-refractivity contribution in [2.45, 2.75) is 57.0 Å². The molecular weight excluding hydrogens is 468 g/mol. The highest BCUT2D eigenvalue weighted by molar-refractivity contribution is 5.87. The molecule has 2 fully saturated rings. The first-order valence-corrected chi connectivity index (χ1v) is 14.1. The third-order valence-electron chi connectivity index (χ3n) is 8.05. The van der Waals surface area contributed by atoms with Crippen LogP contribution in [0.4, 0.5) is 11.8 Å². The molecule has 38 heavy (non-hydrogen) atoms. The van der Waals surface area contributed by atoms with Gasteiger partial charge in [0, 0.05) is 61.4 Å². The monoisotopic (exact) mass is 504 g/mol. The molecule has 0 amide bonds. The van der Waals surface area contributed by atoms with Crippen molar-refractivity contribution in [1.29, 1.82) is 0 Å². The number of hydrogen-bond acceptors (Lipinski definition) is 6. The first kappa shape index (κ1) is 24.6. The van der Waals surface area contributed by atoms with Crippen molar-refractivity contribution >= 4 is 17.3 Å². The van der Waals surface area contributed by atoms with Crippen LogP contribution in [-0.2, 0) is 6.42 Å². The van der Waals surface area contributed by atoms with Gasteiger partial charge in [-0.25, -0.2) is 4.98 Å². The Morgan fingerprint density at radius 1 is 0.921 bits per heavy atom. The van der Waals surface area contributed by atoms with Crippen LogP contribution in [0, 0.1) is 11.8 Å². The molecule has 0 bridgehead atoms. The van der Waals surface area contributed by atoms with Crippen LogP contribution in [0.1, 0.15) is 55.2 Å². The van der Waals surface area contributed by atoms with Crippen molar-refractivity contribution in [2.24, 2.45) is 0 Å². The number of aromatic nitrogens is 3. The van der Waals surface area contributed by atoms with Gasteiger partial charge in [0.2, 0.25) is 5.95 Å². The van der Waals surface area contributed by atoms with Crippen molar-refractivity contribution in [3.63, 3.8) is 0 Å². The van der Waals surface area contributed by atoms with Crippen LogP contribution in [0.15, 0.2) is 67.1 Å². The molecule has 0 unspecified atom stereocenters. The van der Waals surface area contributed by atoms with Crippen molar-refractivity contribution in [3.05, 3.63) is 83.8 Å².